The van der Waals surface area contributed by atoms with E-state index in [-0.39, 0.29) is 0 Å². The number of aliphatic hydroxyl groups is 1. The van der Waals surface area contributed by atoms with E-state index in [1.54, 1.807) is 0 Å². The molecule has 0 aromatic heterocycles. The number of benzene rings is 4. The van der Waals surface area contributed by atoms with Crippen LogP contribution in [0, 0.1) is 0 Å². The van der Waals surface area contributed by atoms with Crippen molar-refractivity contribution in [1.29, 1.82) is 0 Å². The van der Waals surface area contributed by atoms with Crippen molar-refractivity contribution in [1.82, 2.24) is 0 Å². The highest BCUT2D eigenvalue weighted by atomic mass is 16.6. The number of cyclic esters (lactones) is 2. The monoisotopic (exact) mass is 802 g/mol. The van der Waals surface area contributed by atoms with Gasteiger partial charge in [0, 0.05) is 11.1 Å². The van der Waals surface area contributed by atoms with Crippen LogP contribution in [0.15, 0.2) is 36.4 Å². The molecule has 0 amide bonds. The molecule has 14 N–H and O–H groups in total. The van der Waals surface area contributed by atoms with Gasteiger partial charge in [-0.2, -0.15) is 0 Å². The first-order valence-corrected chi connectivity index (χ1v) is 15.4. The molecule has 1 aliphatic rings. The third-order valence-electron chi connectivity index (χ3n) is 8.18. The van der Waals surface area contributed by atoms with Crippen LogP contribution in [0.5, 0.6) is 69.0 Å². The molecule has 57 heavy (non-hydrogen) atoms. The number of aliphatic hydroxyl groups excluding tert-OH is 1. The van der Waals surface area contributed by atoms with Crippen molar-refractivity contribution >= 4 is 29.8 Å². The van der Waals surface area contributed by atoms with Gasteiger partial charge in [0.1, 0.15) is 12.7 Å². The van der Waals surface area contributed by atoms with Crippen molar-refractivity contribution in [2.75, 3.05) is 6.61 Å². The molecule has 0 bridgehead atoms. The summed E-state index contributed by atoms with van der Waals surface area (Å²) < 4.78 is 20.5. The van der Waals surface area contributed by atoms with E-state index >= 15 is 0 Å². The molecular weight excluding hydrogens is 776 g/mol. The van der Waals surface area contributed by atoms with Crippen molar-refractivity contribution in [3.8, 4) is 80.1 Å². The lowest BCUT2D eigenvalue weighted by Gasteiger charge is -2.32. The molecule has 0 radical (unpaired) electrons. The number of phenolic OH excluding ortho intramolecular Hbond substituents is 12. The number of hydrogen-bond donors (Lipinski definition) is 14. The summed E-state index contributed by atoms with van der Waals surface area (Å²) in [7, 11) is 0. The van der Waals surface area contributed by atoms with Crippen LogP contribution in [0.4, 0.5) is 0 Å². The number of carboxylic acids is 1. The van der Waals surface area contributed by atoms with Crippen LogP contribution in [0.1, 0.15) is 41.4 Å². The summed E-state index contributed by atoms with van der Waals surface area (Å²) in [6, 6.07) is 2.81. The summed E-state index contributed by atoms with van der Waals surface area (Å²) in [4.78, 5) is 66.3. The molecule has 0 fully saturated rings. The highest BCUT2D eigenvalue weighted by molar-refractivity contribution is 6.08. The zero-order valence-corrected chi connectivity index (χ0v) is 27.9. The van der Waals surface area contributed by atoms with Crippen LogP contribution in [-0.2, 0) is 23.7 Å². The number of fused-ring (bicyclic) bond motifs is 3. The van der Waals surface area contributed by atoms with Crippen molar-refractivity contribution in [3.05, 3.63) is 58.7 Å². The average Bonchev–Trinajstić information content (AvgIpc) is 3.16. The Kier molecular flexibility index (Phi) is 10.5. The minimum atomic E-state index is -2.96. The first-order chi connectivity index (χ1) is 26.6. The molecule has 23 nitrogen and oxygen atoms in total. The lowest BCUT2D eigenvalue weighted by atomic mass is 9.92. The van der Waals surface area contributed by atoms with Crippen LogP contribution in [0.25, 0.3) is 11.1 Å². The van der Waals surface area contributed by atoms with Gasteiger partial charge in [0.05, 0.1) is 22.3 Å². The molecule has 1 aliphatic heterocycles. The maximum Gasteiger partial charge on any atom is 0.347 e. The number of phenols is 12. The number of carbonyl (C=O) groups is 5. The fourth-order valence-corrected chi connectivity index (χ4v) is 5.37. The number of carboxylic acid groups (broad SMARTS) is 1. The van der Waals surface area contributed by atoms with Gasteiger partial charge in [-0.25, -0.2) is 24.0 Å². The van der Waals surface area contributed by atoms with E-state index < -0.39 is 163 Å². The molecule has 23 heteroatoms. The molecule has 0 unspecified atom stereocenters. The van der Waals surface area contributed by atoms with E-state index in [1.165, 1.54) is 0 Å². The van der Waals surface area contributed by atoms with Gasteiger partial charge in [0.15, 0.2) is 69.7 Å². The van der Waals surface area contributed by atoms with Crippen LogP contribution in [0.2, 0.25) is 0 Å². The zero-order chi connectivity index (χ0) is 42.4. The minimum Gasteiger partial charge on any atom is -0.504 e. The Hall–Kier alpha value is -8.21. The summed E-state index contributed by atoms with van der Waals surface area (Å²) in [6.07, 6.45) is -11.1. The van der Waals surface area contributed by atoms with Crippen LogP contribution in [0.3, 0.4) is 0 Å². The zero-order valence-electron chi connectivity index (χ0n) is 27.9. The molecule has 4 atom stereocenters. The fourth-order valence-electron chi connectivity index (χ4n) is 5.37. The summed E-state index contributed by atoms with van der Waals surface area (Å²) >= 11 is 0. The Morgan fingerprint density at radius 3 is 1.42 bits per heavy atom. The van der Waals surface area contributed by atoms with Gasteiger partial charge < -0.3 is 90.4 Å². The Morgan fingerprint density at radius 1 is 0.579 bits per heavy atom. The normalized spacial score (nSPS) is 16.4. The van der Waals surface area contributed by atoms with E-state index in [2.05, 4.69) is 0 Å². The molecule has 0 saturated heterocycles. The third-order valence-corrected chi connectivity index (χ3v) is 8.18. The van der Waals surface area contributed by atoms with Crippen molar-refractivity contribution in [2.24, 2.45) is 0 Å². The number of rotatable bonds is 7. The van der Waals surface area contributed by atoms with Gasteiger partial charge in [0.25, 0.3) is 0 Å². The van der Waals surface area contributed by atoms with E-state index in [0.717, 1.165) is 0 Å². The quantitative estimate of drug-likeness (QED) is 0.0683. The first kappa shape index (κ1) is 40.0. The van der Waals surface area contributed by atoms with Crippen molar-refractivity contribution in [3.63, 3.8) is 0 Å². The minimum absolute atomic E-state index is 0.341. The van der Waals surface area contributed by atoms with E-state index in [4.69, 9.17) is 18.9 Å². The van der Waals surface area contributed by atoms with Crippen LogP contribution in [-0.4, -0.2) is 132 Å². The van der Waals surface area contributed by atoms with E-state index in [1.807, 2.05) is 0 Å². The molecule has 300 valence electrons. The highest BCUT2D eigenvalue weighted by Gasteiger charge is 2.46. The standard InChI is InChI=1S/C34H26O23/c35-12-1-8(2-13(36)21(12)41)31(50)55-18-7-54-33(52)10-5-16(39)23(43)25(45)19(10)20-11(6-17(40)24(44)26(20)46)34(53)56-28(18)27(47)29(30(48)49)57-32(51)9-3-14(37)22(42)15(38)4-9/h1-6,18,27-29,35-47H,7H2,(H,48,49)/t18-,27+,28-,29-/m1/s1. The van der Waals surface area contributed by atoms with E-state index in [0.29, 0.717) is 36.4 Å². The van der Waals surface area contributed by atoms with Gasteiger partial charge in [0.2, 0.25) is 17.6 Å². The van der Waals surface area contributed by atoms with Crippen molar-refractivity contribution in [2.45, 2.75) is 24.4 Å². The Bertz CT molecular complexity index is 2320. The average molecular weight is 803 g/mol. The highest BCUT2D eigenvalue weighted by Crippen LogP contribution is 2.53. The molecule has 0 aliphatic carbocycles. The van der Waals surface area contributed by atoms with Crippen LogP contribution < -0.4 is 0 Å². The maximum atomic E-state index is 14.0. The molecule has 0 saturated carbocycles. The molecular formula is C34H26O23. The number of aliphatic carboxylic acids is 1. The van der Waals surface area contributed by atoms with Gasteiger partial charge in [-0.1, -0.05) is 0 Å². The first-order valence-electron chi connectivity index (χ1n) is 15.4. The number of ether oxygens (including phenoxy) is 4. The molecule has 4 aromatic carbocycles. The van der Waals surface area contributed by atoms with Crippen LogP contribution >= 0.6 is 0 Å². The molecule has 0 spiro atoms. The number of esters is 4. The summed E-state index contributed by atoms with van der Waals surface area (Å²) in [6.45, 7) is -1.43. The van der Waals surface area contributed by atoms with Gasteiger partial charge in [-0.15, -0.1) is 0 Å². The number of carbonyl (C=O) groups excluding carboxylic acids is 4. The van der Waals surface area contributed by atoms with E-state index in [9.17, 15) is 95.5 Å². The second kappa shape index (κ2) is 14.9. The number of aromatic hydroxyl groups is 12. The molecule has 5 rings (SSSR count). The SMILES string of the molecule is O=C(O[C@@H]1COC(=O)c2cc(O)c(O)c(O)c2-c2c(cc(O)c(O)c2O)C(=O)O[C@H]1[C@H](O)[C@@H](OC(=O)c1cc(O)c(O)c(O)c1)C(=O)O)c1cc(O)c(O)c(O)c1. The predicted molar refractivity (Wildman–Crippen MR) is 176 cm³/mol. The Labute approximate surface area is 314 Å². The van der Waals surface area contributed by atoms with Gasteiger partial charge in [-0.3, -0.25) is 0 Å². The molecule has 4 aromatic rings. The Morgan fingerprint density at radius 2 is 0.982 bits per heavy atom. The summed E-state index contributed by atoms with van der Waals surface area (Å²) in [5.74, 6) is -24.1. The fraction of sp³-hybridized carbons (Fsp3) is 0.147. The summed E-state index contributed by atoms with van der Waals surface area (Å²) in [5.41, 5.74) is -6.05. The van der Waals surface area contributed by atoms with Gasteiger partial charge >= 0.3 is 29.8 Å². The maximum absolute atomic E-state index is 14.0. The predicted octanol–water partition coefficient (Wildman–Crippen LogP) is 0.413. The smallest absolute Gasteiger partial charge is 0.347 e. The summed E-state index contributed by atoms with van der Waals surface area (Å²) in [5, 5.41) is 143. The number of hydrogen-bond acceptors (Lipinski definition) is 22. The van der Waals surface area contributed by atoms with Crippen molar-refractivity contribution < 1.29 is 114 Å². The third kappa shape index (κ3) is 7.35. The Balaban J connectivity index is 1.71. The lowest BCUT2D eigenvalue weighted by molar-refractivity contribution is -0.166. The second-order valence-corrected chi connectivity index (χ2v) is 11.8. The largest absolute Gasteiger partial charge is 0.504 e. The van der Waals surface area contributed by atoms with Gasteiger partial charge in [-0.05, 0) is 36.4 Å². The topological polar surface area (TPSA) is 405 Å². The lowest BCUT2D eigenvalue weighted by Crippen LogP contribution is -2.53. The molecule has 1 heterocycles. The second-order valence-electron chi connectivity index (χ2n) is 11.8.